The fourth-order valence-electron chi connectivity index (χ4n) is 1.70. The number of rotatable bonds is 6. The van der Waals surface area contributed by atoms with Crippen LogP contribution in [0.1, 0.15) is 18.9 Å². The first kappa shape index (κ1) is 14.4. The molecule has 0 saturated carbocycles. The summed E-state index contributed by atoms with van der Waals surface area (Å²) in [6, 6.07) is 4.41. The van der Waals surface area contributed by atoms with Gasteiger partial charge in [-0.05, 0) is 37.2 Å². The van der Waals surface area contributed by atoms with E-state index in [9.17, 15) is 9.18 Å². The van der Waals surface area contributed by atoms with Gasteiger partial charge in [-0.1, -0.05) is 6.92 Å². The number of amides is 1. The van der Waals surface area contributed by atoms with E-state index in [2.05, 4.69) is 5.32 Å². The standard InChI is InChI=1S/C13H20FN3O/c1-3-4-16-13(18)9-17(2)8-10-5-11(14)7-12(15)6-10/h5-7H,3-4,8-9,15H2,1-2H3,(H,16,18). The molecular formula is C13H20FN3O. The van der Waals surface area contributed by atoms with Crippen LogP contribution < -0.4 is 11.1 Å². The third kappa shape index (κ3) is 5.14. The van der Waals surface area contributed by atoms with E-state index in [0.717, 1.165) is 12.0 Å². The number of anilines is 1. The number of nitrogens with zero attached hydrogens (tertiary/aromatic N) is 1. The summed E-state index contributed by atoms with van der Waals surface area (Å²) < 4.78 is 13.1. The van der Waals surface area contributed by atoms with E-state index in [-0.39, 0.29) is 18.3 Å². The van der Waals surface area contributed by atoms with Gasteiger partial charge >= 0.3 is 0 Å². The van der Waals surface area contributed by atoms with Crippen molar-refractivity contribution in [1.82, 2.24) is 10.2 Å². The lowest BCUT2D eigenvalue weighted by atomic mass is 10.2. The molecule has 5 heteroatoms. The highest BCUT2D eigenvalue weighted by atomic mass is 19.1. The van der Waals surface area contributed by atoms with E-state index >= 15 is 0 Å². The first-order valence-corrected chi connectivity index (χ1v) is 6.01. The molecule has 0 unspecified atom stereocenters. The van der Waals surface area contributed by atoms with Crippen LogP contribution in [0.5, 0.6) is 0 Å². The van der Waals surface area contributed by atoms with Crippen LogP contribution in [0, 0.1) is 5.82 Å². The number of carbonyl (C=O) groups is 1. The Morgan fingerprint density at radius 3 is 2.78 bits per heavy atom. The number of nitrogen functional groups attached to an aromatic ring is 1. The first-order chi connectivity index (χ1) is 8.51. The highest BCUT2D eigenvalue weighted by molar-refractivity contribution is 5.77. The Morgan fingerprint density at radius 2 is 2.17 bits per heavy atom. The van der Waals surface area contributed by atoms with Crippen molar-refractivity contribution in [3.8, 4) is 0 Å². The van der Waals surface area contributed by atoms with Gasteiger partial charge in [0.15, 0.2) is 0 Å². The maximum atomic E-state index is 13.1. The van der Waals surface area contributed by atoms with Crippen LogP contribution in [-0.4, -0.2) is 30.9 Å². The Kier molecular flexibility index (Phi) is 5.58. The lowest BCUT2D eigenvalue weighted by molar-refractivity contribution is -0.122. The molecule has 0 saturated heterocycles. The predicted octanol–water partition coefficient (Wildman–Crippen LogP) is 1.37. The maximum Gasteiger partial charge on any atom is 0.234 e. The average molecular weight is 253 g/mol. The van der Waals surface area contributed by atoms with Gasteiger partial charge < -0.3 is 11.1 Å². The van der Waals surface area contributed by atoms with Crippen molar-refractivity contribution in [2.24, 2.45) is 0 Å². The molecule has 0 aliphatic rings. The zero-order chi connectivity index (χ0) is 13.5. The molecule has 100 valence electrons. The highest BCUT2D eigenvalue weighted by Crippen LogP contribution is 2.12. The molecule has 1 amide bonds. The van der Waals surface area contributed by atoms with E-state index in [0.29, 0.717) is 18.8 Å². The van der Waals surface area contributed by atoms with E-state index in [1.54, 1.807) is 6.07 Å². The molecule has 0 spiro atoms. The summed E-state index contributed by atoms with van der Waals surface area (Å²) in [6.45, 7) is 3.46. The van der Waals surface area contributed by atoms with Crippen molar-refractivity contribution in [3.05, 3.63) is 29.6 Å². The summed E-state index contributed by atoms with van der Waals surface area (Å²) in [6.07, 6.45) is 0.913. The number of benzene rings is 1. The molecular weight excluding hydrogens is 233 g/mol. The molecule has 0 atom stereocenters. The molecule has 0 aromatic heterocycles. The van der Waals surface area contributed by atoms with Crippen molar-refractivity contribution < 1.29 is 9.18 Å². The van der Waals surface area contributed by atoms with Crippen molar-refractivity contribution in [2.45, 2.75) is 19.9 Å². The van der Waals surface area contributed by atoms with Gasteiger partial charge in [0.2, 0.25) is 5.91 Å². The zero-order valence-electron chi connectivity index (χ0n) is 10.9. The molecule has 0 aliphatic heterocycles. The van der Waals surface area contributed by atoms with Crippen LogP contribution in [0.3, 0.4) is 0 Å². The van der Waals surface area contributed by atoms with E-state index < -0.39 is 0 Å². The number of likely N-dealkylation sites (N-methyl/N-ethyl adjacent to an activating group) is 1. The SMILES string of the molecule is CCCNC(=O)CN(C)Cc1cc(N)cc(F)c1. The van der Waals surface area contributed by atoms with Crippen LogP contribution in [0.25, 0.3) is 0 Å². The topological polar surface area (TPSA) is 58.4 Å². The van der Waals surface area contributed by atoms with Gasteiger partial charge in [0.05, 0.1) is 6.54 Å². The molecule has 1 aromatic rings. The van der Waals surface area contributed by atoms with Gasteiger partial charge in [-0.15, -0.1) is 0 Å². The molecule has 1 rings (SSSR count). The van der Waals surface area contributed by atoms with Gasteiger partial charge in [0, 0.05) is 18.8 Å². The summed E-state index contributed by atoms with van der Waals surface area (Å²) >= 11 is 0. The minimum atomic E-state index is -0.353. The van der Waals surface area contributed by atoms with E-state index in [1.807, 2.05) is 18.9 Å². The van der Waals surface area contributed by atoms with Crippen LogP contribution in [0.2, 0.25) is 0 Å². The van der Waals surface area contributed by atoms with E-state index in [1.165, 1.54) is 12.1 Å². The molecule has 1 aromatic carbocycles. The van der Waals surface area contributed by atoms with Crippen molar-refractivity contribution in [2.75, 3.05) is 25.9 Å². The minimum Gasteiger partial charge on any atom is -0.399 e. The second-order valence-corrected chi connectivity index (χ2v) is 4.42. The largest absolute Gasteiger partial charge is 0.399 e. The summed E-state index contributed by atoms with van der Waals surface area (Å²) in [4.78, 5) is 13.3. The van der Waals surface area contributed by atoms with Crippen LogP contribution in [0.4, 0.5) is 10.1 Å². The quantitative estimate of drug-likeness (QED) is 0.753. The normalized spacial score (nSPS) is 10.7. The molecule has 4 nitrogen and oxygen atoms in total. The fraction of sp³-hybridized carbons (Fsp3) is 0.462. The number of nitrogens with two attached hydrogens (primary N) is 1. The molecule has 0 heterocycles. The first-order valence-electron chi connectivity index (χ1n) is 6.01. The monoisotopic (exact) mass is 253 g/mol. The Morgan fingerprint density at radius 1 is 1.44 bits per heavy atom. The summed E-state index contributed by atoms with van der Waals surface area (Å²) in [7, 11) is 1.81. The third-order valence-electron chi connectivity index (χ3n) is 2.42. The highest BCUT2D eigenvalue weighted by Gasteiger charge is 2.07. The molecule has 0 bridgehead atoms. The van der Waals surface area contributed by atoms with Crippen molar-refractivity contribution >= 4 is 11.6 Å². The van der Waals surface area contributed by atoms with Crippen molar-refractivity contribution in [1.29, 1.82) is 0 Å². The van der Waals surface area contributed by atoms with Crippen LogP contribution in [0.15, 0.2) is 18.2 Å². The van der Waals surface area contributed by atoms with Gasteiger partial charge in [-0.25, -0.2) is 4.39 Å². The van der Waals surface area contributed by atoms with Gasteiger partial charge in [0.25, 0.3) is 0 Å². The summed E-state index contributed by atoms with van der Waals surface area (Å²) in [5, 5.41) is 2.79. The lowest BCUT2D eigenvalue weighted by Crippen LogP contribution is -2.35. The van der Waals surface area contributed by atoms with Crippen LogP contribution >= 0.6 is 0 Å². The molecule has 0 fully saturated rings. The van der Waals surface area contributed by atoms with Gasteiger partial charge in [-0.3, -0.25) is 9.69 Å². The molecule has 0 radical (unpaired) electrons. The molecule has 0 aliphatic carbocycles. The Hall–Kier alpha value is -1.62. The van der Waals surface area contributed by atoms with Crippen molar-refractivity contribution in [3.63, 3.8) is 0 Å². The van der Waals surface area contributed by atoms with E-state index in [4.69, 9.17) is 5.73 Å². The Labute approximate surface area is 107 Å². The summed E-state index contributed by atoms with van der Waals surface area (Å²) in [5.74, 6) is -0.377. The lowest BCUT2D eigenvalue weighted by Gasteiger charge is -2.16. The van der Waals surface area contributed by atoms with Gasteiger partial charge in [0.1, 0.15) is 5.82 Å². The summed E-state index contributed by atoms with van der Waals surface area (Å²) in [5.41, 5.74) is 6.72. The smallest absolute Gasteiger partial charge is 0.234 e. The number of nitrogens with one attached hydrogen (secondary N) is 1. The number of carbonyl (C=O) groups excluding carboxylic acids is 1. The number of hydrogen-bond acceptors (Lipinski definition) is 3. The molecule has 3 N–H and O–H groups in total. The van der Waals surface area contributed by atoms with Crippen LogP contribution in [-0.2, 0) is 11.3 Å². The zero-order valence-corrected chi connectivity index (χ0v) is 10.9. The Bertz CT molecular complexity index is 389. The number of hydrogen-bond donors (Lipinski definition) is 2. The number of halogens is 1. The minimum absolute atomic E-state index is 0.0243. The second kappa shape index (κ2) is 6.96. The second-order valence-electron chi connectivity index (χ2n) is 4.42. The Balaban J connectivity index is 2.48. The third-order valence-corrected chi connectivity index (χ3v) is 2.42. The maximum absolute atomic E-state index is 13.1. The predicted molar refractivity (Wildman–Crippen MR) is 70.4 cm³/mol. The molecule has 18 heavy (non-hydrogen) atoms. The average Bonchev–Trinajstić information content (AvgIpc) is 2.24. The van der Waals surface area contributed by atoms with Gasteiger partial charge in [-0.2, -0.15) is 0 Å². The fourth-order valence-corrected chi connectivity index (χ4v) is 1.70.